The SMILES string of the molecule is Cc1ccc2c(c1)P(=O)(c1c3ccccc3c(C)c3ccccc13)c1cc(C)ccc1O2. The molecule has 0 fully saturated rings. The van der Waals surface area contributed by atoms with Crippen molar-refractivity contribution < 1.29 is 9.30 Å². The highest BCUT2D eigenvalue weighted by atomic mass is 31.2. The van der Waals surface area contributed by atoms with Crippen LogP contribution in [0.25, 0.3) is 21.5 Å². The first-order chi connectivity index (χ1) is 15.5. The molecule has 0 N–H and O–H groups in total. The Hall–Kier alpha value is -3.35. The minimum Gasteiger partial charge on any atom is -0.456 e. The molecule has 6 rings (SSSR count). The van der Waals surface area contributed by atoms with Crippen LogP contribution < -0.4 is 20.7 Å². The van der Waals surface area contributed by atoms with Gasteiger partial charge in [0.1, 0.15) is 11.5 Å². The van der Waals surface area contributed by atoms with E-state index in [4.69, 9.17) is 4.74 Å². The molecule has 32 heavy (non-hydrogen) atoms. The van der Waals surface area contributed by atoms with Gasteiger partial charge >= 0.3 is 0 Å². The van der Waals surface area contributed by atoms with Crippen molar-refractivity contribution >= 4 is 44.6 Å². The Labute approximate surface area is 187 Å². The van der Waals surface area contributed by atoms with Gasteiger partial charge in [0.15, 0.2) is 7.14 Å². The second-order valence-electron chi connectivity index (χ2n) is 8.72. The Morgan fingerprint density at radius 1 is 0.594 bits per heavy atom. The molecule has 1 heterocycles. The largest absolute Gasteiger partial charge is 0.456 e. The third kappa shape index (κ3) is 2.57. The summed E-state index contributed by atoms with van der Waals surface area (Å²) in [5.74, 6) is 1.37. The molecular formula is C29H23O2P. The van der Waals surface area contributed by atoms with Crippen molar-refractivity contribution in [3.63, 3.8) is 0 Å². The van der Waals surface area contributed by atoms with Crippen LogP contribution in [0.2, 0.25) is 0 Å². The summed E-state index contributed by atoms with van der Waals surface area (Å²) in [6, 6.07) is 28.8. The van der Waals surface area contributed by atoms with Crippen LogP contribution in [0.1, 0.15) is 16.7 Å². The van der Waals surface area contributed by atoms with E-state index in [1.807, 2.05) is 62.4 Å². The lowest BCUT2D eigenvalue weighted by Gasteiger charge is -2.31. The molecule has 0 saturated heterocycles. The lowest BCUT2D eigenvalue weighted by molar-refractivity contribution is 0.485. The minimum absolute atomic E-state index is 0.684. The normalized spacial score (nSPS) is 14.1. The maximum Gasteiger partial charge on any atom is 0.179 e. The maximum atomic E-state index is 15.6. The molecule has 5 aromatic carbocycles. The number of rotatable bonds is 1. The zero-order valence-corrected chi connectivity index (χ0v) is 19.2. The molecule has 2 nitrogen and oxygen atoms in total. The summed E-state index contributed by atoms with van der Waals surface area (Å²) in [7, 11) is -3.24. The fourth-order valence-corrected chi connectivity index (χ4v) is 8.51. The molecule has 0 unspecified atom stereocenters. The lowest BCUT2D eigenvalue weighted by atomic mass is 9.98. The third-order valence-electron chi connectivity index (χ3n) is 6.61. The first-order valence-electron chi connectivity index (χ1n) is 10.9. The van der Waals surface area contributed by atoms with E-state index >= 15 is 4.57 Å². The van der Waals surface area contributed by atoms with E-state index < -0.39 is 7.14 Å². The zero-order valence-electron chi connectivity index (χ0n) is 18.3. The monoisotopic (exact) mass is 434 g/mol. The van der Waals surface area contributed by atoms with Gasteiger partial charge in [-0.1, -0.05) is 71.8 Å². The van der Waals surface area contributed by atoms with Gasteiger partial charge in [0.25, 0.3) is 0 Å². The van der Waals surface area contributed by atoms with E-state index in [1.165, 1.54) is 5.56 Å². The van der Waals surface area contributed by atoms with Crippen LogP contribution in [0.5, 0.6) is 11.5 Å². The number of ether oxygens (including phenoxy) is 1. The summed E-state index contributed by atoms with van der Waals surface area (Å²) < 4.78 is 21.9. The van der Waals surface area contributed by atoms with Crippen LogP contribution in [0.15, 0.2) is 84.9 Å². The average molecular weight is 434 g/mol. The summed E-state index contributed by atoms with van der Waals surface area (Å²) in [6.07, 6.45) is 0. The predicted octanol–water partition coefficient (Wildman–Crippen LogP) is 6.66. The molecule has 0 atom stereocenters. The van der Waals surface area contributed by atoms with Crippen LogP contribution in [0, 0.1) is 20.8 Å². The van der Waals surface area contributed by atoms with E-state index in [2.05, 4.69) is 43.3 Å². The van der Waals surface area contributed by atoms with Gasteiger partial charge in [-0.3, -0.25) is 0 Å². The fraction of sp³-hybridized carbons (Fsp3) is 0.103. The molecule has 156 valence electrons. The molecule has 0 spiro atoms. The minimum atomic E-state index is -3.24. The molecule has 0 amide bonds. The van der Waals surface area contributed by atoms with E-state index in [0.717, 1.165) is 48.6 Å². The van der Waals surface area contributed by atoms with Crippen molar-refractivity contribution in [3.8, 4) is 11.5 Å². The molecule has 0 aliphatic carbocycles. The van der Waals surface area contributed by atoms with Crippen LogP contribution in [0.3, 0.4) is 0 Å². The summed E-state index contributed by atoms with van der Waals surface area (Å²) in [4.78, 5) is 0. The van der Waals surface area contributed by atoms with Crippen molar-refractivity contribution in [3.05, 3.63) is 102 Å². The molecule has 0 radical (unpaired) electrons. The number of hydrogen-bond acceptors (Lipinski definition) is 2. The van der Waals surface area contributed by atoms with Crippen molar-refractivity contribution in [1.82, 2.24) is 0 Å². The predicted molar refractivity (Wildman–Crippen MR) is 135 cm³/mol. The van der Waals surface area contributed by atoms with Gasteiger partial charge in [-0.25, -0.2) is 0 Å². The summed E-state index contributed by atoms with van der Waals surface area (Å²) in [6.45, 7) is 6.24. The van der Waals surface area contributed by atoms with Crippen molar-refractivity contribution in [1.29, 1.82) is 0 Å². The first-order valence-corrected chi connectivity index (χ1v) is 12.6. The highest BCUT2D eigenvalue weighted by Gasteiger charge is 2.41. The molecule has 1 aliphatic heterocycles. The standard InChI is InChI=1S/C29H23O2P/c1-18-12-14-25-27(16-18)32(30,28-17-19(2)13-15-26(28)31-25)29-23-10-6-4-8-21(23)20(3)22-9-5-7-11-24(22)29/h4-17H,1-3H3. The third-order valence-corrected chi connectivity index (χ3v) is 9.78. The summed E-state index contributed by atoms with van der Waals surface area (Å²) >= 11 is 0. The summed E-state index contributed by atoms with van der Waals surface area (Å²) in [5, 5.41) is 6.88. The first kappa shape index (κ1) is 19.3. The Kier molecular flexibility index (Phi) is 4.12. The molecule has 0 bridgehead atoms. The van der Waals surface area contributed by atoms with Crippen LogP contribution in [-0.2, 0) is 4.57 Å². The van der Waals surface area contributed by atoms with Crippen LogP contribution in [-0.4, -0.2) is 0 Å². The second-order valence-corrected chi connectivity index (χ2v) is 11.3. The summed E-state index contributed by atoms with van der Waals surface area (Å²) in [5.41, 5.74) is 3.36. The van der Waals surface area contributed by atoms with Gasteiger partial charge in [-0.15, -0.1) is 0 Å². The number of hydrogen-bond donors (Lipinski definition) is 0. The highest BCUT2D eigenvalue weighted by Crippen LogP contribution is 2.54. The van der Waals surface area contributed by atoms with E-state index in [-0.39, 0.29) is 0 Å². The zero-order chi connectivity index (χ0) is 22.0. The van der Waals surface area contributed by atoms with Gasteiger partial charge in [-0.2, -0.15) is 0 Å². The highest BCUT2D eigenvalue weighted by molar-refractivity contribution is 7.86. The van der Waals surface area contributed by atoms with Gasteiger partial charge in [0.05, 0.1) is 10.6 Å². The Bertz CT molecular complexity index is 1500. The van der Waals surface area contributed by atoms with E-state index in [9.17, 15) is 0 Å². The van der Waals surface area contributed by atoms with Crippen molar-refractivity contribution in [2.75, 3.05) is 0 Å². The Balaban J connectivity index is 1.88. The average Bonchev–Trinajstić information content (AvgIpc) is 2.81. The lowest BCUT2D eigenvalue weighted by Crippen LogP contribution is -2.32. The number of aryl methyl sites for hydroxylation is 3. The Morgan fingerprint density at radius 2 is 1.03 bits per heavy atom. The smallest absolute Gasteiger partial charge is 0.179 e. The van der Waals surface area contributed by atoms with Crippen molar-refractivity contribution in [2.45, 2.75) is 20.8 Å². The van der Waals surface area contributed by atoms with Gasteiger partial charge in [0.2, 0.25) is 0 Å². The molecule has 0 aromatic heterocycles. The van der Waals surface area contributed by atoms with Crippen LogP contribution in [0.4, 0.5) is 0 Å². The maximum absolute atomic E-state index is 15.6. The van der Waals surface area contributed by atoms with Crippen LogP contribution >= 0.6 is 7.14 Å². The number of benzene rings is 5. The number of fused-ring (bicyclic) bond motifs is 4. The van der Waals surface area contributed by atoms with Gasteiger partial charge in [-0.05, 0) is 72.1 Å². The topological polar surface area (TPSA) is 26.3 Å². The quantitative estimate of drug-likeness (QED) is 0.214. The molecule has 3 heteroatoms. The Morgan fingerprint density at radius 3 is 1.50 bits per heavy atom. The van der Waals surface area contributed by atoms with E-state index in [1.54, 1.807) is 0 Å². The fourth-order valence-electron chi connectivity index (χ4n) is 5.07. The van der Waals surface area contributed by atoms with E-state index in [0.29, 0.717) is 11.5 Å². The van der Waals surface area contributed by atoms with Gasteiger partial charge < -0.3 is 9.30 Å². The molecular weight excluding hydrogens is 411 g/mol. The molecule has 1 aliphatic rings. The van der Waals surface area contributed by atoms with Crippen molar-refractivity contribution in [2.24, 2.45) is 0 Å². The van der Waals surface area contributed by atoms with Gasteiger partial charge in [0, 0.05) is 5.30 Å². The second kappa shape index (κ2) is 6.82. The molecule has 5 aromatic rings. The molecule has 0 saturated carbocycles.